The number of nitrogens with zero attached hydrogens (tertiary/aromatic N) is 3. The first kappa shape index (κ1) is 21.9. The number of hydrogen-bond acceptors (Lipinski definition) is 5. The van der Waals surface area contributed by atoms with Crippen molar-refractivity contribution in [2.75, 3.05) is 24.3 Å². The van der Waals surface area contributed by atoms with Crippen LogP contribution in [0.3, 0.4) is 0 Å². The van der Waals surface area contributed by atoms with Gasteiger partial charge in [0.1, 0.15) is 23.2 Å². The van der Waals surface area contributed by atoms with Crippen molar-refractivity contribution in [3.05, 3.63) is 71.6 Å². The van der Waals surface area contributed by atoms with Gasteiger partial charge in [0.2, 0.25) is 11.7 Å². The molecule has 11 heteroatoms. The van der Waals surface area contributed by atoms with Gasteiger partial charge in [0.15, 0.2) is 0 Å². The largest absolute Gasteiger partial charge is 0.439 e. The summed E-state index contributed by atoms with van der Waals surface area (Å²) in [6.45, 7) is 0. The lowest BCUT2D eigenvalue weighted by Gasteiger charge is -2.15. The molecule has 0 aliphatic rings. The minimum atomic E-state index is -4.57. The Morgan fingerprint density at radius 1 is 1.03 bits per heavy atom. The highest BCUT2D eigenvalue weighted by Crippen LogP contribution is 2.32. The van der Waals surface area contributed by atoms with E-state index in [1.54, 1.807) is 14.1 Å². The molecule has 1 N–H and O–H groups in total. The molecule has 6 nitrogen and oxygen atoms in total. The van der Waals surface area contributed by atoms with Gasteiger partial charge >= 0.3 is 6.18 Å². The first-order chi connectivity index (χ1) is 14.5. The van der Waals surface area contributed by atoms with Gasteiger partial charge in [-0.25, -0.2) is 13.8 Å². The van der Waals surface area contributed by atoms with Crippen LogP contribution in [-0.4, -0.2) is 30.0 Å². The van der Waals surface area contributed by atoms with E-state index < -0.39 is 35.1 Å². The Kier molecular flexibility index (Phi) is 6.04. The van der Waals surface area contributed by atoms with Crippen LogP contribution < -0.4 is 15.0 Å². The average molecular weight is 438 g/mol. The maximum Gasteiger partial charge on any atom is 0.416 e. The number of amides is 1. The van der Waals surface area contributed by atoms with Crippen molar-refractivity contribution in [3.63, 3.8) is 0 Å². The molecule has 31 heavy (non-hydrogen) atoms. The molecule has 0 atom stereocenters. The number of hydrogen-bond donors (Lipinski definition) is 1. The smallest absolute Gasteiger partial charge is 0.416 e. The van der Waals surface area contributed by atoms with Gasteiger partial charge in [-0.2, -0.15) is 18.2 Å². The van der Waals surface area contributed by atoms with Crippen LogP contribution in [0.1, 0.15) is 16.2 Å². The molecule has 3 rings (SSSR count). The minimum absolute atomic E-state index is 0.158. The molecule has 0 aliphatic heterocycles. The molecule has 1 heterocycles. The number of carbonyl (C=O) groups is 1. The Labute approximate surface area is 173 Å². The van der Waals surface area contributed by atoms with E-state index >= 15 is 0 Å². The van der Waals surface area contributed by atoms with E-state index in [4.69, 9.17) is 4.74 Å². The number of rotatable bonds is 5. The molecule has 0 fully saturated rings. The fourth-order valence-electron chi connectivity index (χ4n) is 2.42. The Morgan fingerprint density at radius 3 is 2.42 bits per heavy atom. The molecule has 1 amide bonds. The van der Waals surface area contributed by atoms with Crippen molar-refractivity contribution in [1.29, 1.82) is 0 Å². The molecule has 162 valence electrons. The molecule has 2 aromatic carbocycles. The Hall–Kier alpha value is -3.76. The molecular weight excluding hydrogens is 423 g/mol. The van der Waals surface area contributed by atoms with Gasteiger partial charge in [-0.1, -0.05) is 6.07 Å². The number of halogens is 5. The van der Waals surface area contributed by atoms with Gasteiger partial charge < -0.3 is 15.0 Å². The van der Waals surface area contributed by atoms with Gasteiger partial charge in [-0.05, 0) is 30.3 Å². The Balaban J connectivity index is 1.91. The third-order valence-electron chi connectivity index (χ3n) is 3.91. The van der Waals surface area contributed by atoms with E-state index in [1.165, 1.54) is 17.0 Å². The number of ether oxygens (including phenoxy) is 1. The van der Waals surface area contributed by atoms with Crippen molar-refractivity contribution in [2.24, 2.45) is 0 Å². The quantitative estimate of drug-likeness (QED) is 0.575. The summed E-state index contributed by atoms with van der Waals surface area (Å²) in [5, 5.41) is 2.21. The summed E-state index contributed by atoms with van der Waals surface area (Å²) in [6.07, 6.45) is -4.57. The maximum atomic E-state index is 13.8. The van der Waals surface area contributed by atoms with Crippen molar-refractivity contribution >= 4 is 17.4 Å². The number of alkyl halides is 3. The van der Waals surface area contributed by atoms with Crippen LogP contribution in [0.15, 0.2) is 48.5 Å². The van der Waals surface area contributed by atoms with E-state index in [9.17, 15) is 26.7 Å². The second-order valence-corrected chi connectivity index (χ2v) is 6.49. The van der Waals surface area contributed by atoms with E-state index in [1.807, 2.05) is 0 Å². The zero-order chi connectivity index (χ0) is 22.8. The zero-order valence-electron chi connectivity index (χ0n) is 16.2. The first-order valence-electron chi connectivity index (χ1n) is 8.71. The molecule has 0 spiro atoms. The number of nitrogens with one attached hydrogen (secondary N) is 1. The van der Waals surface area contributed by atoms with Crippen LogP contribution in [0.4, 0.5) is 33.5 Å². The van der Waals surface area contributed by atoms with Crippen LogP contribution >= 0.6 is 0 Å². The summed E-state index contributed by atoms with van der Waals surface area (Å²) in [5.41, 5.74) is -1.22. The van der Waals surface area contributed by atoms with Crippen molar-refractivity contribution in [1.82, 2.24) is 9.97 Å². The number of aromatic nitrogens is 2. The van der Waals surface area contributed by atoms with Crippen LogP contribution in [0.5, 0.6) is 11.6 Å². The monoisotopic (exact) mass is 438 g/mol. The first-order valence-corrected chi connectivity index (χ1v) is 8.71. The molecule has 3 aromatic rings. The highest BCUT2D eigenvalue weighted by Gasteiger charge is 2.30. The van der Waals surface area contributed by atoms with Crippen LogP contribution in [-0.2, 0) is 6.18 Å². The van der Waals surface area contributed by atoms with E-state index in [0.717, 1.165) is 30.3 Å². The minimum Gasteiger partial charge on any atom is -0.439 e. The number of benzene rings is 2. The molecule has 0 saturated heterocycles. The summed E-state index contributed by atoms with van der Waals surface area (Å²) in [5.74, 6) is -3.34. The lowest BCUT2D eigenvalue weighted by molar-refractivity contribution is -0.137. The lowest BCUT2D eigenvalue weighted by atomic mass is 10.2. The third kappa shape index (κ3) is 5.44. The van der Waals surface area contributed by atoms with E-state index in [-0.39, 0.29) is 23.1 Å². The highest BCUT2D eigenvalue weighted by molar-refractivity contribution is 6.01. The summed E-state index contributed by atoms with van der Waals surface area (Å²) in [7, 11) is 3.22. The second kappa shape index (κ2) is 8.54. The molecular formula is C20H15F5N4O2. The highest BCUT2D eigenvalue weighted by atomic mass is 19.4. The third-order valence-corrected chi connectivity index (χ3v) is 3.91. The van der Waals surface area contributed by atoms with Gasteiger partial charge in [-0.15, -0.1) is 0 Å². The van der Waals surface area contributed by atoms with Gasteiger partial charge in [0, 0.05) is 26.2 Å². The Morgan fingerprint density at radius 2 is 1.77 bits per heavy atom. The average Bonchev–Trinajstić information content (AvgIpc) is 2.69. The summed E-state index contributed by atoms with van der Waals surface area (Å²) in [6, 6.07) is 8.01. The topological polar surface area (TPSA) is 67.3 Å². The van der Waals surface area contributed by atoms with Crippen molar-refractivity contribution in [2.45, 2.75) is 6.18 Å². The molecule has 0 unspecified atom stereocenters. The van der Waals surface area contributed by atoms with Crippen molar-refractivity contribution in [3.8, 4) is 11.6 Å². The van der Waals surface area contributed by atoms with Crippen LogP contribution in [0, 0.1) is 11.6 Å². The summed E-state index contributed by atoms with van der Waals surface area (Å²) >= 11 is 0. The van der Waals surface area contributed by atoms with Gasteiger partial charge in [0.05, 0.1) is 11.3 Å². The number of anilines is 2. The second-order valence-electron chi connectivity index (χ2n) is 6.49. The molecule has 1 aromatic heterocycles. The van der Waals surface area contributed by atoms with Crippen molar-refractivity contribution < 1.29 is 31.5 Å². The van der Waals surface area contributed by atoms with Gasteiger partial charge in [-0.3, -0.25) is 4.79 Å². The SMILES string of the molecule is CN(C)c1cc(Oc2cccc(C(F)(F)F)c2)nc(C(=O)Nc2ccc(F)cc2F)n1. The summed E-state index contributed by atoms with van der Waals surface area (Å²) < 4.78 is 71.0. The fourth-order valence-corrected chi connectivity index (χ4v) is 2.42. The Bertz CT molecular complexity index is 1120. The molecule has 0 bridgehead atoms. The molecule has 0 saturated carbocycles. The van der Waals surface area contributed by atoms with Crippen LogP contribution in [0.25, 0.3) is 0 Å². The van der Waals surface area contributed by atoms with Gasteiger partial charge in [0.25, 0.3) is 5.91 Å². The molecule has 0 aliphatic carbocycles. The van der Waals surface area contributed by atoms with E-state index in [0.29, 0.717) is 6.07 Å². The molecule has 0 radical (unpaired) electrons. The normalized spacial score (nSPS) is 11.2. The standard InChI is InChI=1S/C20H15F5N4O2/c1-29(2)16-10-17(31-13-5-3-4-11(8-13)20(23,24)25)28-18(27-16)19(30)26-15-7-6-12(21)9-14(15)22/h3-10H,1-2H3,(H,26,30). The number of carbonyl (C=O) groups excluding carboxylic acids is 1. The van der Waals surface area contributed by atoms with E-state index in [2.05, 4.69) is 15.3 Å². The zero-order valence-corrected chi connectivity index (χ0v) is 16.2. The summed E-state index contributed by atoms with van der Waals surface area (Å²) in [4.78, 5) is 21.9. The predicted octanol–water partition coefficient (Wildman–Crippen LogP) is 4.88. The maximum absolute atomic E-state index is 13.8. The predicted molar refractivity (Wildman–Crippen MR) is 102 cm³/mol. The fraction of sp³-hybridized carbons (Fsp3) is 0.150. The lowest BCUT2D eigenvalue weighted by Crippen LogP contribution is -2.19. The van der Waals surface area contributed by atoms with Crippen LogP contribution in [0.2, 0.25) is 0 Å².